The highest BCUT2D eigenvalue weighted by atomic mass is 32.2. The van der Waals surface area contributed by atoms with Gasteiger partial charge in [-0.25, -0.2) is 0 Å². The Bertz CT molecular complexity index is 204. The molecule has 1 atom stereocenters. The standard InChI is InChI=1S/C10H19NO2S/c1-8(6-14-2)9(12)11-7-10(13)4-3-5-10/h8,13H,3-7H2,1-2H3,(H,11,12)/t8-/m0/s1. The summed E-state index contributed by atoms with van der Waals surface area (Å²) in [5.74, 6) is 0.929. The first-order valence-corrected chi connectivity index (χ1v) is 6.46. The summed E-state index contributed by atoms with van der Waals surface area (Å²) >= 11 is 1.67. The minimum absolute atomic E-state index is 0.0358. The fourth-order valence-corrected chi connectivity index (χ4v) is 2.16. The number of thioether (sulfide) groups is 1. The van der Waals surface area contributed by atoms with E-state index in [1.54, 1.807) is 11.8 Å². The molecule has 1 saturated carbocycles. The zero-order chi connectivity index (χ0) is 10.6. The Morgan fingerprint density at radius 1 is 1.64 bits per heavy atom. The number of nitrogens with one attached hydrogen (secondary N) is 1. The molecular formula is C10H19NO2S. The van der Waals surface area contributed by atoms with Gasteiger partial charge in [0.05, 0.1) is 5.60 Å². The van der Waals surface area contributed by atoms with Crippen molar-refractivity contribution >= 4 is 17.7 Å². The van der Waals surface area contributed by atoms with Gasteiger partial charge in [0, 0.05) is 18.2 Å². The number of carbonyl (C=O) groups is 1. The molecule has 82 valence electrons. The van der Waals surface area contributed by atoms with Gasteiger partial charge >= 0.3 is 0 Å². The Morgan fingerprint density at radius 2 is 2.29 bits per heavy atom. The molecule has 2 N–H and O–H groups in total. The van der Waals surface area contributed by atoms with E-state index in [9.17, 15) is 9.90 Å². The maximum absolute atomic E-state index is 11.5. The summed E-state index contributed by atoms with van der Waals surface area (Å²) in [6.07, 6.45) is 4.71. The van der Waals surface area contributed by atoms with Gasteiger partial charge in [0.2, 0.25) is 5.91 Å². The lowest BCUT2D eigenvalue weighted by atomic mass is 9.80. The summed E-state index contributed by atoms with van der Waals surface area (Å²) in [7, 11) is 0. The molecule has 4 heteroatoms. The van der Waals surface area contributed by atoms with Crippen LogP contribution in [0.1, 0.15) is 26.2 Å². The summed E-state index contributed by atoms with van der Waals surface area (Å²) < 4.78 is 0. The second-order valence-corrected chi connectivity index (χ2v) is 5.06. The molecule has 14 heavy (non-hydrogen) atoms. The van der Waals surface area contributed by atoms with E-state index < -0.39 is 5.60 Å². The van der Waals surface area contributed by atoms with Crippen molar-refractivity contribution in [3.05, 3.63) is 0 Å². The molecule has 0 bridgehead atoms. The van der Waals surface area contributed by atoms with Crippen LogP contribution in [-0.4, -0.2) is 35.2 Å². The van der Waals surface area contributed by atoms with Crippen molar-refractivity contribution in [2.45, 2.75) is 31.8 Å². The van der Waals surface area contributed by atoms with Crippen LogP contribution in [0.25, 0.3) is 0 Å². The second kappa shape index (κ2) is 5.03. The Hall–Kier alpha value is -0.220. The van der Waals surface area contributed by atoms with Crippen molar-refractivity contribution in [3.8, 4) is 0 Å². The lowest BCUT2D eigenvalue weighted by Crippen LogP contribution is -2.48. The number of hydrogen-bond donors (Lipinski definition) is 2. The Labute approximate surface area is 89.6 Å². The number of hydrogen-bond acceptors (Lipinski definition) is 3. The molecule has 1 rings (SSSR count). The van der Waals surface area contributed by atoms with Crippen LogP contribution in [0.3, 0.4) is 0 Å². The van der Waals surface area contributed by atoms with E-state index in [1.165, 1.54) is 0 Å². The third-order valence-electron chi connectivity index (χ3n) is 2.74. The van der Waals surface area contributed by atoms with Crippen LogP contribution >= 0.6 is 11.8 Å². The first kappa shape index (κ1) is 11.9. The Morgan fingerprint density at radius 3 is 2.71 bits per heavy atom. The first-order chi connectivity index (χ1) is 6.57. The van der Waals surface area contributed by atoms with Crippen LogP contribution in [0.4, 0.5) is 0 Å². The van der Waals surface area contributed by atoms with Gasteiger partial charge in [0.25, 0.3) is 0 Å². The quantitative estimate of drug-likeness (QED) is 0.723. The third-order valence-corrected chi connectivity index (χ3v) is 3.57. The smallest absolute Gasteiger partial charge is 0.223 e. The van der Waals surface area contributed by atoms with Crippen LogP contribution in [0.5, 0.6) is 0 Å². The van der Waals surface area contributed by atoms with Crippen molar-refractivity contribution in [2.24, 2.45) is 5.92 Å². The summed E-state index contributed by atoms with van der Waals surface area (Å²) in [6.45, 7) is 2.33. The summed E-state index contributed by atoms with van der Waals surface area (Å²) in [4.78, 5) is 11.5. The molecular weight excluding hydrogens is 198 g/mol. The normalized spacial score (nSPS) is 21.1. The van der Waals surface area contributed by atoms with Gasteiger partial charge in [-0.1, -0.05) is 6.92 Å². The summed E-state index contributed by atoms with van der Waals surface area (Å²) in [6, 6.07) is 0. The lowest BCUT2D eigenvalue weighted by molar-refractivity contribution is -0.126. The number of aliphatic hydroxyl groups is 1. The number of amides is 1. The van der Waals surface area contributed by atoms with Crippen LogP contribution in [-0.2, 0) is 4.79 Å². The van der Waals surface area contributed by atoms with Gasteiger partial charge in [-0.3, -0.25) is 4.79 Å². The fraction of sp³-hybridized carbons (Fsp3) is 0.900. The highest BCUT2D eigenvalue weighted by Gasteiger charge is 2.34. The van der Waals surface area contributed by atoms with Crippen LogP contribution < -0.4 is 5.32 Å². The molecule has 1 aliphatic rings. The van der Waals surface area contributed by atoms with E-state index in [0.29, 0.717) is 6.54 Å². The van der Waals surface area contributed by atoms with Gasteiger partial charge < -0.3 is 10.4 Å². The molecule has 1 aliphatic carbocycles. The Balaban J connectivity index is 2.20. The average molecular weight is 217 g/mol. The van der Waals surface area contributed by atoms with Crippen molar-refractivity contribution in [3.63, 3.8) is 0 Å². The molecule has 1 amide bonds. The van der Waals surface area contributed by atoms with Crippen molar-refractivity contribution in [2.75, 3.05) is 18.6 Å². The highest BCUT2D eigenvalue weighted by molar-refractivity contribution is 7.98. The summed E-state index contributed by atoms with van der Waals surface area (Å²) in [5.41, 5.74) is -0.602. The molecule has 1 fully saturated rings. The maximum Gasteiger partial charge on any atom is 0.223 e. The molecule has 0 saturated heterocycles. The van der Waals surface area contributed by atoms with E-state index in [2.05, 4.69) is 5.32 Å². The van der Waals surface area contributed by atoms with E-state index in [1.807, 2.05) is 13.2 Å². The van der Waals surface area contributed by atoms with Crippen LogP contribution in [0, 0.1) is 5.92 Å². The highest BCUT2D eigenvalue weighted by Crippen LogP contribution is 2.30. The molecule has 3 nitrogen and oxygen atoms in total. The molecule has 0 unspecified atom stereocenters. The van der Waals surface area contributed by atoms with Gasteiger partial charge in [0.1, 0.15) is 0 Å². The van der Waals surface area contributed by atoms with Crippen LogP contribution in [0.15, 0.2) is 0 Å². The number of rotatable bonds is 5. The summed E-state index contributed by atoms with van der Waals surface area (Å²) in [5, 5.41) is 12.6. The van der Waals surface area contributed by atoms with E-state index in [0.717, 1.165) is 25.0 Å². The molecule has 0 radical (unpaired) electrons. The lowest BCUT2D eigenvalue weighted by Gasteiger charge is -2.36. The Kier molecular flexibility index (Phi) is 4.26. The molecule has 0 aromatic rings. The minimum Gasteiger partial charge on any atom is -0.388 e. The van der Waals surface area contributed by atoms with Crippen LogP contribution in [0.2, 0.25) is 0 Å². The van der Waals surface area contributed by atoms with Gasteiger partial charge in [0.15, 0.2) is 0 Å². The zero-order valence-electron chi connectivity index (χ0n) is 8.88. The van der Waals surface area contributed by atoms with Crippen molar-refractivity contribution < 1.29 is 9.90 Å². The first-order valence-electron chi connectivity index (χ1n) is 5.06. The van der Waals surface area contributed by atoms with Crippen molar-refractivity contribution in [1.82, 2.24) is 5.32 Å². The van der Waals surface area contributed by atoms with E-state index in [-0.39, 0.29) is 11.8 Å². The molecule has 0 spiro atoms. The zero-order valence-corrected chi connectivity index (χ0v) is 9.69. The average Bonchev–Trinajstić information content (AvgIpc) is 2.11. The van der Waals surface area contributed by atoms with E-state index in [4.69, 9.17) is 0 Å². The molecule has 0 aliphatic heterocycles. The molecule has 0 aromatic carbocycles. The maximum atomic E-state index is 11.5. The predicted octanol–water partition coefficient (Wildman–Crippen LogP) is 1.02. The second-order valence-electron chi connectivity index (χ2n) is 4.15. The third kappa shape index (κ3) is 3.17. The number of carbonyl (C=O) groups excluding carboxylic acids is 1. The van der Waals surface area contributed by atoms with Gasteiger partial charge in [-0.2, -0.15) is 11.8 Å². The monoisotopic (exact) mass is 217 g/mol. The molecule has 0 heterocycles. The fourth-order valence-electron chi connectivity index (χ4n) is 1.51. The minimum atomic E-state index is -0.602. The topological polar surface area (TPSA) is 49.3 Å². The largest absolute Gasteiger partial charge is 0.388 e. The molecule has 0 aromatic heterocycles. The predicted molar refractivity (Wildman–Crippen MR) is 59.4 cm³/mol. The SMILES string of the molecule is CSC[C@H](C)C(=O)NCC1(O)CCC1. The van der Waals surface area contributed by atoms with Gasteiger partial charge in [-0.05, 0) is 25.5 Å². The van der Waals surface area contributed by atoms with E-state index >= 15 is 0 Å². The van der Waals surface area contributed by atoms with Crippen molar-refractivity contribution in [1.29, 1.82) is 0 Å². The van der Waals surface area contributed by atoms with Gasteiger partial charge in [-0.15, -0.1) is 0 Å².